The van der Waals surface area contributed by atoms with Crippen molar-refractivity contribution in [3.05, 3.63) is 55.7 Å². The fourth-order valence-corrected chi connectivity index (χ4v) is 3.72. The number of halogens is 3. The van der Waals surface area contributed by atoms with Gasteiger partial charge in [0, 0.05) is 9.90 Å². The summed E-state index contributed by atoms with van der Waals surface area (Å²) in [5.41, 5.74) is 2.17. The summed E-state index contributed by atoms with van der Waals surface area (Å²) in [5, 5.41) is 0.814. The van der Waals surface area contributed by atoms with Crippen LogP contribution in [-0.4, -0.2) is 0 Å². The Kier molecular flexibility index (Phi) is 3.96. The minimum atomic E-state index is 0.109. The molecule has 1 aromatic carbocycles. The third kappa shape index (κ3) is 2.45. The molecule has 1 atom stereocenters. The molecule has 0 saturated heterocycles. The molecule has 0 aliphatic rings. The molecule has 4 heteroatoms. The van der Waals surface area contributed by atoms with Gasteiger partial charge in [-0.1, -0.05) is 57.3 Å². The molecule has 84 valence electrons. The lowest BCUT2D eigenvalue weighted by molar-refractivity contribution is 1.21. The molecule has 0 aliphatic carbocycles. The Morgan fingerprint density at radius 2 is 1.94 bits per heavy atom. The van der Waals surface area contributed by atoms with Gasteiger partial charge in [-0.05, 0) is 30.2 Å². The van der Waals surface area contributed by atoms with Crippen LogP contribution in [0.3, 0.4) is 0 Å². The van der Waals surface area contributed by atoms with Crippen molar-refractivity contribution in [1.29, 1.82) is 0 Å². The number of rotatable bonds is 2. The summed E-state index contributed by atoms with van der Waals surface area (Å²) in [7, 11) is 0. The third-order valence-corrected chi connectivity index (χ3v) is 5.44. The van der Waals surface area contributed by atoms with E-state index in [4.69, 9.17) is 23.2 Å². The van der Waals surface area contributed by atoms with Gasteiger partial charge in [0.15, 0.2) is 0 Å². The highest BCUT2D eigenvalue weighted by Gasteiger charge is 2.16. The molecular formula is C12H9BrCl2S. The second-order valence-corrected chi connectivity index (χ2v) is 6.52. The van der Waals surface area contributed by atoms with Crippen LogP contribution < -0.4 is 0 Å². The Hall–Kier alpha value is -0.0200. The standard InChI is InChI=1S/C12H9BrCl2S/c1-7-3-2-4-8(12(7)15)11(13)9-5-6-10(14)16-9/h2-6,11H,1H3. The average Bonchev–Trinajstić information content (AvgIpc) is 2.68. The fourth-order valence-electron chi connectivity index (χ4n) is 1.48. The molecule has 0 fully saturated rings. The second-order valence-electron chi connectivity index (χ2n) is 3.48. The predicted octanol–water partition coefficient (Wildman–Crippen LogP) is 5.85. The molecule has 0 nitrogen and oxygen atoms in total. The molecule has 0 radical (unpaired) electrons. The third-order valence-electron chi connectivity index (χ3n) is 2.34. The van der Waals surface area contributed by atoms with E-state index in [1.165, 1.54) is 0 Å². The number of hydrogen-bond acceptors (Lipinski definition) is 1. The van der Waals surface area contributed by atoms with Gasteiger partial charge >= 0.3 is 0 Å². The number of thiophene rings is 1. The van der Waals surface area contributed by atoms with Gasteiger partial charge < -0.3 is 0 Å². The van der Waals surface area contributed by atoms with Gasteiger partial charge in [-0.3, -0.25) is 0 Å². The minimum absolute atomic E-state index is 0.109. The first-order chi connectivity index (χ1) is 7.59. The Labute approximate surface area is 117 Å². The largest absolute Gasteiger partial charge is 0.127 e. The van der Waals surface area contributed by atoms with Gasteiger partial charge in [0.1, 0.15) is 0 Å². The zero-order chi connectivity index (χ0) is 11.7. The second kappa shape index (κ2) is 5.09. The monoisotopic (exact) mass is 334 g/mol. The van der Waals surface area contributed by atoms with Crippen molar-refractivity contribution in [2.75, 3.05) is 0 Å². The van der Waals surface area contributed by atoms with Crippen LogP contribution >= 0.6 is 50.5 Å². The van der Waals surface area contributed by atoms with E-state index in [1.807, 2.05) is 37.3 Å². The molecule has 0 N–H and O–H groups in total. The summed E-state index contributed by atoms with van der Waals surface area (Å²) in [6.07, 6.45) is 0. The molecule has 1 heterocycles. The Morgan fingerprint density at radius 1 is 1.19 bits per heavy atom. The molecule has 0 aliphatic heterocycles. The summed E-state index contributed by atoms with van der Waals surface area (Å²) in [4.78, 5) is 1.27. The maximum atomic E-state index is 6.29. The molecular weight excluding hydrogens is 327 g/mol. The molecule has 0 amide bonds. The topological polar surface area (TPSA) is 0 Å². The van der Waals surface area contributed by atoms with Crippen LogP contribution in [0.4, 0.5) is 0 Å². The van der Waals surface area contributed by atoms with E-state index in [1.54, 1.807) is 11.3 Å². The number of benzene rings is 1. The van der Waals surface area contributed by atoms with Crippen LogP contribution in [0.25, 0.3) is 0 Å². The van der Waals surface area contributed by atoms with E-state index >= 15 is 0 Å². The molecule has 1 unspecified atom stereocenters. The Bertz CT molecular complexity index is 507. The number of hydrogen-bond donors (Lipinski definition) is 0. The van der Waals surface area contributed by atoms with Crippen molar-refractivity contribution in [3.63, 3.8) is 0 Å². The number of aryl methyl sites for hydroxylation is 1. The molecule has 2 aromatic rings. The van der Waals surface area contributed by atoms with Crippen LogP contribution in [-0.2, 0) is 0 Å². The van der Waals surface area contributed by atoms with Gasteiger partial charge in [-0.25, -0.2) is 0 Å². The first kappa shape index (κ1) is 12.4. The van der Waals surface area contributed by atoms with Crippen LogP contribution in [0.15, 0.2) is 30.3 Å². The van der Waals surface area contributed by atoms with E-state index < -0.39 is 0 Å². The smallest absolute Gasteiger partial charge is 0.0931 e. The molecule has 0 bridgehead atoms. The normalized spacial score (nSPS) is 12.8. The van der Waals surface area contributed by atoms with Crippen LogP contribution in [0, 0.1) is 6.92 Å². The Morgan fingerprint density at radius 3 is 2.56 bits per heavy atom. The van der Waals surface area contributed by atoms with Crippen molar-refractivity contribution >= 4 is 50.5 Å². The van der Waals surface area contributed by atoms with E-state index in [2.05, 4.69) is 15.9 Å². The molecule has 0 spiro atoms. The van der Waals surface area contributed by atoms with Gasteiger partial charge in [0.05, 0.1) is 9.16 Å². The van der Waals surface area contributed by atoms with Crippen LogP contribution in [0.5, 0.6) is 0 Å². The lowest BCUT2D eigenvalue weighted by Gasteiger charge is -2.11. The van der Waals surface area contributed by atoms with E-state index in [0.29, 0.717) is 0 Å². The highest BCUT2D eigenvalue weighted by atomic mass is 79.9. The van der Waals surface area contributed by atoms with Crippen molar-refractivity contribution in [2.24, 2.45) is 0 Å². The lowest BCUT2D eigenvalue weighted by Crippen LogP contribution is -1.92. The fraction of sp³-hybridized carbons (Fsp3) is 0.167. The first-order valence-corrected chi connectivity index (χ1v) is 7.22. The quantitative estimate of drug-likeness (QED) is 0.604. The van der Waals surface area contributed by atoms with E-state index in [-0.39, 0.29) is 4.83 Å². The van der Waals surface area contributed by atoms with Gasteiger partial charge in [-0.2, -0.15) is 0 Å². The maximum absolute atomic E-state index is 6.29. The molecule has 1 aromatic heterocycles. The summed E-state index contributed by atoms with van der Waals surface area (Å²) in [6, 6.07) is 9.97. The average molecular weight is 336 g/mol. The van der Waals surface area contributed by atoms with Crippen molar-refractivity contribution in [2.45, 2.75) is 11.8 Å². The Balaban J connectivity index is 2.41. The highest BCUT2D eigenvalue weighted by molar-refractivity contribution is 9.09. The molecule has 0 saturated carbocycles. The van der Waals surface area contributed by atoms with E-state index in [9.17, 15) is 0 Å². The van der Waals surface area contributed by atoms with Gasteiger partial charge in [-0.15, -0.1) is 11.3 Å². The zero-order valence-corrected chi connectivity index (χ0v) is 12.4. The van der Waals surface area contributed by atoms with Crippen LogP contribution in [0.1, 0.15) is 20.8 Å². The summed E-state index contributed by atoms with van der Waals surface area (Å²) >= 11 is 17.4. The van der Waals surface area contributed by atoms with Gasteiger partial charge in [0.25, 0.3) is 0 Å². The van der Waals surface area contributed by atoms with Crippen molar-refractivity contribution in [1.82, 2.24) is 0 Å². The molecule has 2 rings (SSSR count). The first-order valence-electron chi connectivity index (χ1n) is 4.74. The highest BCUT2D eigenvalue weighted by Crippen LogP contribution is 2.40. The van der Waals surface area contributed by atoms with E-state index in [0.717, 1.165) is 25.4 Å². The maximum Gasteiger partial charge on any atom is 0.0931 e. The SMILES string of the molecule is Cc1cccc(C(Br)c2ccc(Cl)s2)c1Cl. The lowest BCUT2D eigenvalue weighted by atomic mass is 10.1. The number of alkyl halides is 1. The summed E-state index contributed by atoms with van der Waals surface area (Å²) in [5.74, 6) is 0. The molecule has 16 heavy (non-hydrogen) atoms. The van der Waals surface area contributed by atoms with Gasteiger partial charge in [0.2, 0.25) is 0 Å². The van der Waals surface area contributed by atoms with Crippen LogP contribution in [0.2, 0.25) is 9.36 Å². The summed E-state index contributed by atoms with van der Waals surface area (Å²) in [6.45, 7) is 2.01. The predicted molar refractivity (Wildman–Crippen MR) is 76.3 cm³/mol. The van der Waals surface area contributed by atoms with Crippen molar-refractivity contribution < 1.29 is 0 Å². The zero-order valence-electron chi connectivity index (χ0n) is 8.51. The summed E-state index contributed by atoms with van der Waals surface area (Å²) < 4.78 is 0.795. The van der Waals surface area contributed by atoms with Crippen molar-refractivity contribution in [3.8, 4) is 0 Å². The minimum Gasteiger partial charge on any atom is -0.127 e.